The van der Waals surface area contributed by atoms with Crippen LogP contribution in [0.25, 0.3) is 0 Å². The van der Waals surface area contributed by atoms with Crippen molar-refractivity contribution < 1.29 is 13.9 Å². The summed E-state index contributed by atoms with van der Waals surface area (Å²) in [6, 6.07) is 12.3. The first-order chi connectivity index (χ1) is 10.1. The van der Waals surface area contributed by atoms with Crippen molar-refractivity contribution in [1.82, 2.24) is 5.32 Å². The Bertz CT molecular complexity index is 642. The molecular weight excluding hydrogens is 291 g/mol. The summed E-state index contributed by atoms with van der Waals surface area (Å²) in [7, 11) is 1.58. The van der Waals surface area contributed by atoms with Gasteiger partial charge in [0.25, 0.3) is 5.91 Å². The topological polar surface area (TPSA) is 50.4 Å². The first-order valence-corrected chi connectivity index (χ1v) is 6.51. The van der Waals surface area contributed by atoms with E-state index in [2.05, 4.69) is 10.6 Å². The lowest BCUT2D eigenvalue weighted by molar-refractivity contribution is 0.0977. The Morgan fingerprint density at radius 3 is 2.29 bits per heavy atom. The van der Waals surface area contributed by atoms with Crippen molar-refractivity contribution in [2.45, 2.75) is 0 Å². The van der Waals surface area contributed by atoms with E-state index in [9.17, 15) is 9.18 Å². The third-order valence-electron chi connectivity index (χ3n) is 2.68. The maximum absolute atomic E-state index is 12.8. The molecule has 2 rings (SSSR count). The van der Waals surface area contributed by atoms with Gasteiger partial charge in [-0.15, -0.1) is 0 Å². The lowest BCUT2D eigenvalue weighted by Crippen LogP contribution is -2.34. The van der Waals surface area contributed by atoms with Gasteiger partial charge in [-0.05, 0) is 60.7 Å². The zero-order valence-electron chi connectivity index (χ0n) is 11.2. The Hall–Kier alpha value is -2.47. The average Bonchev–Trinajstić information content (AvgIpc) is 2.48. The molecule has 0 aliphatic carbocycles. The summed E-state index contributed by atoms with van der Waals surface area (Å²) < 4.78 is 17.8. The second kappa shape index (κ2) is 6.81. The predicted octanol–water partition coefficient (Wildman–Crippen LogP) is 2.96. The lowest BCUT2D eigenvalue weighted by atomic mass is 10.2. The normalized spacial score (nSPS) is 9.81. The van der Waals surface area contributed by atoms with E-state index in [-0.39, 0.29) is 5.11 Å². The minimum Gasteiger partial charge on any atom is -0.497 e. The summed E-state index contributed by atoms with van der Waals surface area (Å²) >= 11 is 5.05. The molecule has 2 aromatic rings. The molecule has 0 atom stereocenters. The van der Waals surface area contributed by atoms with Crippen LogP contribution in [0.4, 0.5) is 10.1 Å². The molecular formula is C15H13FN2O2S. The number of amides is 1. The van der Waals surface area contributed by atoms with Crippen LogP contribution in [0.3, 0.4) is 0 Å². The summed E-state index contributed by atoms with van der Waals surface area (Å²) in [5.74, 6) is -0.0756. The van der Waals surface area contributed by atoms with Crippen LogP contribution in [0.2, 0.25) is 0 Å². The van der Waals surface area contributed by atoms with Crippen molar-refractivity contribution in [2.75, 3.05) is 12.4 Å². The number of rotatable bonds is 3. The number of hydrogen-bond donors (Lipinski definition) is 2. The highest BCUT2D eigenvalue weighted by molar-refractivity contribution is 7.80. The Morgan fingerprint density at radius 2 is 1.71 bits per heavy atom. The number of methoxy groups -OCH3 is 1. The Kier molecular flexibility index (Phi) is 4.84. The number of carbonyl (C=O) groups is 1. The fourth-order valence-corrected chi connectivity index (χ4v) is 1.82. The van der Waals surface area contributed by atoms with Crippen LogP contribution < -0.4 is 15.4 Å². The van der Waals surface area contributed by atoms with Gasteiger partial charge in [-0.1, -0.05) is 0 Å². The molecule has 0 aromatic heterocycles. The Labute approximate surface area is 126 Å². The maximum atomic E-state index is 12.8. The number of carbonyl (C=O) groups excluding carboxylic acids is 1. The molecule has 0 heterocycles. The van der Waals surface area contributed by atoms with Crippen molar-refractivity contribution in [3.05, 3.63) is 59.9 Å². The van der Waals surface area contributed by atoms with E-state index in [4.69, 9.17) is 17.0 Å². The smallest absolute Gasteiger partial charge is 0.257 e. The predicted molar refractivity (Wildman–Crippen MR) is 83.1 cm³/mol. The van der Waals surface area contributed by atoms with Gasteiger partial charge in [-0.3, -0.25) is 10.1 Å². The van der Waals surface area contributed by atoms with E-state index in [1.54, 1.807) is 31.4 Å². The molecule has 2 N–H and O–H groups in total. The number of benzene rings is 2. The van der Waals surface area contributed by atoms with Crippen molar-refractivity contribution in [1.29, 1.82) is 0 Å². The summed E-state index contributed by atoms with van der Waals surface area (Å²) in [6.07, 6.45) is 0. The van der Waals surface area contributed by atoms with Crippen LogP contribution in [0.15, 0.2) is 48.5 Å². The van der Waals surface area contributed by atoms with Crippen LogP contribution >= 0.6 is 12.2 Å². The van der Waals surface area contributed by atoms with E-state index >= 15 is 0 Å². The summed E-state index contributed by atoms with van der Waals surface area (Å²) in [5, 5.41) is 5.56. The van der Waals surface area contributed by atoms with E-state index in [0.29, 0.717) is 5.56 Å². The van der Waals surface area contributed by atoms with E-state index in [1.807, 2.05) is 0 Å². The Balaban J connectivity index is 1.94. The molecule has 0 saturated heterocycles. The van der Waals surface area contributed by atoms with Gasteiger partial charge in [0.15, 0.2) is 5.11 Å². The van der Waals surface area contributed by atoms with Crippen molar-refractivity contribution in [2.24, 2.45) is 0 Å². The van der Waals surface area contributed by atoms with Crippen molar-refractivity contribution in [3.8, 4) is 5.75 Å². The standard InChI is InChI=1S/C15H13FN2O2S/c1-20-13-8-6-12(7-9-13)17-15(21)18-14(19)10-2-4-11(16)5-3-10/h2-9H,1H3,(H2,17,18,19,21). The molecule has 0 fully saturated rings. The number of anilines is 1. The lowest BCUT2D eigenvalue weighted by Gasteiger charge is -2.10. The molecule has 108 valence electrons. The highest BCUT2D eigenvalue weighted by Crippen LogP contribution is 2.14. The minimum absolute atomic E-state index is 0.162. The first kappa shape index (κ1) is 14.9. The molecule has 21 heavy (non-hydrogen) atoms. The molecule has 0 radical (unpaired) electrons. The zero-order valence-corrected chi connectivity index (χ0v) is 12.0. The van der Waals surface area contributed by atoms with Crippen molar-refractivity contribution in [3.63, 3.8) is 0 Å². The average molecular weight is 304 g/mol. The third kappa shape index (κ3) is 4.25. The largest absolute Gasteiger partial charge is 0.497 e. The molecule has 1 amide bonds. The van der Waals surface area contributed by atoms with Gasteiger partial charge in [0.2, 0.25) is 0 Å². The van der Waals surface area contributed by atoms with Crippen LogP contribution in [-0.4, -0.2) is 18.1 Å². The molecule has 0 unspecified atom stereocenters. The van der Waals surface area contributed by atoms with Crippen LogP contribution in [0.5, 0.6) is 5.75 Å². The van der Waals surface area contributed by atoms with Gasteiger partial charge >= 0.3 is 0 Å². The molecule has 0 aliphatic rings. The minimum atomic E-state index is -0.402. The number of thiocarbonyl (C=S) groups is 1. The molecule has 0 bridgehead atoms. The van der Waals surface area contributed by atoms with Crippen molar-refractivity contribution >= 4 is 28.9 Å². The first-order valence-electron chi connectivity index (χ1n) is 6.10. The second-order valence-electron chi connectivity index (χ2n) is 4.14. The van der Waals surface area contributed by atoms with Gasteiger partial charge < -0.3 is 10.1 Å². The van der Waals surface area contributed by atoms with E-state index in [0.717, 1.165) is 11.4 Å². The fourth-order valence-electron chi connectivity index (χ4n) is 1.61. The summed E-state index contributed by atoms with van der Waals surface area (Å²) in [6.45, 7) is 0. The summed E-state index contributed by atoms with van der Waals surface area (Å²) in [5.41, 5.74) is 1.05. The van der Waals surface area contributed by atoms with E-state index in [1.165, 1.54) is 24.3 Å². The number of halogens is 1. The third-order valence-corrected chi connectivity index (χ3v) is 2.89. The highest BCUT2D eigenvalue weighted by atomic mass is 32.1. The molecule has 2 aromatic carbocycles. The van der Waals surface area contributed by atoms with Gasteiger partial charge in [0, 0.05) is 11.3 Å². The quantitative estimate of drug-likeness (QED) is 0.856. The SMILES string of the molecule is COc1ccc(NC(=S)NC(=O)c2ccc(F)cc2)cc1. The zero-order chi connectivity index (χ0) is 15.2. The van der Waals surface area contributed by atoms with Gasteiger partial charge in [0.05, 0.1) is 7.11 Å². The molecule has 0 spiro atoms. The molecule has 0 aliphatic heterocycles. The fraction of sp³-hybridized carbons (Fsp3) is 0.0667. The number of ether oxygens (including phenoxy) is 1. The van der Waals surface area contributed by atoms with Crippen LogP contribution in [0, 0.1) is 5.82 Å². The van der Waals surface area contributed by atoms with Crippen LogP contribution in [-0.2, 0) is 0 Å². The van der Waals surface area contributed by atoms with E-state index < -0.39 is 11.7 Å². The van der Waals surface area contributed by atoms with Crippen LogP contribution in [0.1, 0.15) is 10.4 Å². The Morgan fingerprint density at radius 1 is 1.10 bits per heavy atom. The van der Waals surface area contributed by atoms with Gasteiger partial charge in [0.1, 0.15) is 11.6 Å². The number of nitrogens with one attached hydrogen (secondary N) is 2. The number of hydrogen-bond acceptors (Lipinski definition) is 3. The summed E-state index contributed by atoms with van der Waals surface area (Å²) in [4.78, 5) is 11.9. The molecule has 6 heteroatoms. The maximum Gasteiger partial charge on any atom is 0.257 e. The monoisotopic (exact) mass is 304 g/mol. The molecule has 0 saturated carbocycles. The second-order valence-corrected chi connectivity index (χ2v) is 4.55. The van der Waals surface area contributed by atoms with Gasteiger partial charge in [-0.2, -0.15) is 0 Å². The molecule has 4 nitrogen and oxygen atoms in total. The van der Waals surface area contributed by atoms with Gasteiger partial charge in [-0.25, -0.2) is 4.39 Å². The highest BCUT2D eigenvalue weighted by Gasteiger charge is 2.08.